The molecule has 20 heavy (non-hydrogen) atoms. The van der Waals surface area contributed by atoms with E-state index in [9.17, 15) is 4.79 Å². The second-order valence-electron chi connectivity index (χ2n) is 5.08. The summed E-state index contributed by atoms with van der Waals surface area (Å²) in [4.78, 5) is 21.9. The molecule has 0 bridgehead atoms. The number of methoxy groups -OCH3 is 1. The largest absolute Gasteiger partial charge is 0.463 e. The second-order valence-corrected chi connectivity index (χ2v) is 5.08. The van der Waals surface area contributed by atoms with Crippen molar-refractivity contribution in [2.45, 2.75) is 32.2 Å². The first-order valence-electron chi connectivity index (χ1n) is 7.10. The van der Waals surface area contributed by atoms with Crippen LogP contribution in [0.4, 0.5) is 5.82 Å². The number of aromatic nitrogens is 2. The van der Waals surface area contributed by atoms with Gasteiger partial charge in [0.2, 0.25) is 5.82 Å². The van der Waals surface area contributed by atoms with Gasteiger partial charge in [0.25, 0.3) is 0 Å². The van der Waals surface area contributed by atoms with Crippen molar-refractivity contribution in [2.75, 3.05) is 32.1 Å². The van der Waals surface area contributed by atoms with Crippen LogP contribution in [0.2, 0.25) is 0 Å². The average Bonchev–Trinajstić information content (AvgIpc) is 2.53. The molecule has 110 valence electrons. The zero-order valence-corrected chi connectivity index (χ0v) is 12.1. The second kappa shape index (κ2) is 7.19. The highest BCUT2D eigenvalue weighted by atomic mass is 16.5. The van der Waals surface area contributed by atoms with E-state index in [4.69, 9.17) is 0 Å². The molecular formula is C14H22N4O2. The Morgan fingerprint density at radius 3 is 2.90 bits per heavy atom. The van der Waals surface area contributed by atoms with Gasteiger partial charge in [-0.3, -0.25) is 4.90 Å². The highest BCUT2D eigenvalue weighted by Gasteiger charge is 2.16. The van der Waals surface area contributed by atoms with Gasteiger partial charge in [0.15, 0.2) is 0 Å². The zero-order chi connectivity index (χ0) is 14.4. The minimum absolute atomic E-state index is 0.0862. The van der Waals surface area contributed by atoms with Gasteiger partial charge in [-0.25, -0.2) is 14.8 Å². The van der Waals surface area contributed by atoms with Gasteiger partial charge < -0.3 is 10.1 Å². The van der Waals surface area contributed by atoms with Crippen molar-refractivity contribution in [3.63, 3.8) is 0 Å². The molecular weight excluding hydrogens is 256 g/mol. The van der Waals surface area contributed by atoms with Gasteiger partial charge in [0.1, 0.15) is 5.82 Å². The third-order valence-electron chi connectivity index (χ3n) is 3.62. The fraction of sp³-hybridized carbons (Fsp3) is 0.643. The third kappa shape index (κ3) is 3.90. The van der Waals surface area contributed by atoms with Crippen molar-refractivity contribution in [3.05, 3.63) is 18.1 Å². The molecule has 1 saturated heterocycles. The molecule has 1 N–H and O–H groups in total. The van der Waals surface area contributed by atoms with E-state index in [1.807, 2.05) is 0 Å². The number of ether oxygens (including phenoxy) is 1. The smallest absolute Gasteiger partial charge is 0.376 e. The van der Waals surface area contributed by atoms with Crippen LogP contribution in [0.3, 0.4) is 0 Å². The lowest BCUT2D eigenvalue weighted by Gasteiger charge is -2.32. The summed E-state index contributed by atoms with van der Waals surface area (Å²) in [6, 6.07) is 2.21. The number of rotatable bonds is 5. The van der Waals surface area contributed by atoms with Crippen LogP contribution < -0.4 is 5.32 Å². The summed E-state index contributed by atoms with van der Waals surface area (Å²) in [6.07, 6.45) is 5.47. The Balaban J connectivity index is 1.88. The minimum Gasteiger partial charge on any atom is -0.463 e. The number of esters is 1. The average molecular weight is 278 g/mol. The molecule has 2 heterocycles. The van der Waals surface area contributed by atoms with Crippen LogP contribution in [0.15, 0.2) is 12.3 Å². The van der Waals surface area contributed by atoms with Crippen molar-refractivity contribution in [1.82, 2.24) is 14.9 Å². The molecule has 6 heteroatoms. The van der Waals surface area contributed by atoms with Crippen LogP contribution in [0.1, 0.15) is 36.8 Å². The number of likely N-dealkylation sites (tertiary alicyclic amines) is 1. The molecule has 1 atom stereocenters. The van der Waals surface area contributed by atoms with Gasteiger partial charge in [-0.2, -0.15) is 0 Å². The Morgan fingerprint density at radius 1 is 1.45 bits per heavy atom. The molecule has 0 amide bonds. The molecule has 0 aliphatic carbocycles. The molecule has 6 nitrogen and oxygen atoms in total. The molecule has 1 aliphatic heterocycles. The Bertz CT molecular complexity index is 447. The van der Waals surface area contributed by atoms with Gasteiger partial charge in [-0.05, 0) is 38.9 Å². The first-order valence-corrected chi connectivity index (χ1v) is 7.10. The Kier molecular flexibility index (Phi) is 5.29. The van der Waals surface area contributed by atoms with E-state index in [1.54, 1.807) is 12.3 Å². The minimum atomic E-state index is -0.516. The topological polar surface area (TPSA) is 67.3 Å². The standard InChI is InChI=1S/C14H22N4O2/c1-11(18-8-4-3-5-9-18)10-16-12-6-7-15-13(17-12)14(19)20-2/h6-7,11H,3-5,8-10H2,1-2H3,(H,15,16,17). The van der Waals surface area contributed by atoms with E-state index in [-0.39, 0.29) is 5.82 Å². The molecule has 0 radical (unpaired) electrons. The van der Waals surface area contributed by atoms with E-state index < -0.39 is 5.97 Å². The molecule has 0 aromatic carbocycles. The molecule has 1 aromatic rings. The molecule has 1 aromatic heterocycles. The van der Waals surface area contributed by atoms with Crippen LogP contribution in [0.5, 0.6) is 0 Å². The lowest BCUT2D eigenvalue weighted by molar-refractivity contribution is 0.0587. The number of anilines is 1. The maximum Gasteiger partial charge on any atom is 0.376 e. The van der Waals surface area contributed by atoms with Gasteiger partial charge in [0.05, 0.1) is 7.11 Å². The maximum absolute atomic E-state index is 11.4. The lowest BCUT2D eigenvalue weighted by Crippen LogP contribution is -2.41. The van der Waals surface area contributed by atoms with Gasteiger partial charge in [0, 0.05) is 18.8 Å². The van der Waals surface area contributed by atoms with E-state index in [0.29, 0.717) is 11.9 Å². The van der Waals surface area contributed by atoms with E-state index in [2.05, 4.69) is 31.8 Å². The number of piperidine rings is 1. The van der Waals surface area contributed by atoms with Crippen LogP contribution in [0.25, 0.3) is 0 Å². The van der Waals surface area contributed by atoms with E-state index >= 15 is 0 Å². The van der Waals surface area contributed by atoms with Gasteiger partial charge >= 0.3 is 5.97 Å². The number of hydrogen-bond donors (Lipinski definition) is 1. The summed E-state index contributed by atoms with van der Waals surface area (Å²) in [5, 5.41) is 3.26. The monoisotopic (exact) mass is 278 g/mol. The van der Waals surface area contributed by atoms with Crippen molar-refractivity contribution >= 4 is 11.8 Å². The van der Waals surface area contributed by atoms with Crippen molar-refractivity contribution < 1.29 is 9.53 Å². The molecule has 1 fully saturated rings. The number of carbonyl (C=O) groups is 1. The van der Waals surface area contributed by atoms with Crippen molar-refractivity contribution in [3.8, 4) is 0 Å². The normalized spacial score (nSPS) is 17.5. The van der Waals surface area contributed by atoms with Crippen LogP contribution in [-0.4, -0.2) is 53.6 Å². The predicted molar refractivity (Wildman–Crippen MR) is 76.7 cm³/mol. The lowest BCUT2D eigenvalue weighted by atomic mass is 10.1. The van der Waals surface area contributed by atoms with Crippen molar-refractivity contribution in [2.24, 2.45) is 0 Å². The van der Waals surface area contributed by atoms with Gasteiger partial charge in [-0.1, -0.05) is 6.42 Å². The molecule has 0 spiro atoms. The first-order chi connectivity index (χ1) is 9.70. The fourth-order valence-electron chi connectivity index (χ4n) is 2.39. The Labute approximate surface area is 119 Å². The predicted octanol–water partition coefficient (Wildman–Crippen LogP) is 1.55. The Hall–Kier alpha value is -1.69. The summed E-state index contributed by atoms with van der Waals surface area (Å²) in [5.41, 5.74) is 0. The zero-order valence-electron chi connectivity index (χ0n) is 12.1. The third-order valence-corrected chi connectivity index (χ3v) is 3.62. The molecule has 2 rings (SSSR count). The van der Waals surface area contributed by atoms with E-state index in [1.165, 1.54) is 39.5 Å². The Morgan fingerprint density at radius 2 is 2.20 bits per heavy atom. The number of nitrogens with zero attached hydrogens (tertiary/aromatic N) is 3. The van der Waals surface area contributed by atoms with Crippen LogP contribution in [0, 0.1) is 0 Å². The summed E-state index contributed by atoms with van der Waals surface area (Å²) in [6.45, 7) is 5.35. The van der Waals surface area contributed by atoms with Crippen molar-refractivity contribution in [1.29, 1.82) is 0 Å². The quantitative estimate of drug-likeness (QED) is 0.824. The number of nitrogens with one attached hydrogen (secondary N) is 1. The van der Waals surface area contributed by atoms with Crippen LogP contribution in [-0.2, 0) is 4.74 Å². The molecule has 1 unspecified atom stereocenters. The van der Waals surface area contributed by atoms with Crippen LogP contribution >= 0.6 is 0 Å². The SMILES string of the molecule is COC(=O)c1nccc(NCC(C)N2CCCCC2)n1. The highest BCUT2D eigenvalue weighted by molar-refractivity contribution is 5.85. The fourth-order valence-corrected chi connectivity index (χ4v) is 2.39. The molecule has 1 aliphatic rings. The summed E-state index contributed by atoms with van der Waals surface area (Å²) < 4.78 is 4.61. The summed E-state index contributed by atoms with van der Waals surface area (Å²) in [7, 11) is 1.32. The van der Waals surface area contributed by atoms with E-state index in [0.717, 1.165) is 6.54 Å². The number of hydrogen-bond acceptors (Lipinski definition) is 6. The maximum atomic E-state index is 11.4. The summed E-state index contributed by atoms with van der Waals surface area (Å²) >= 11 is 0. The van der Waals surface area contributed by atoms with Gasteiger partial charge in [-0.15, -0.1) is 0 Å². The first kappa shape index (κ1) is 14.7. The number of carbonyl (C=O) groups excluding carboxylic acids is 1. The summed E-state index contributed by atoms with van der Waals surface area (Å²) in [5.74, 6) is 0.227. The highest BCUT2D eigenvalue weighted by Crippen LogP contribution is 2.12. The molecule has 0 saturated carbocycles.